The van der Waals surface area contributed by atoms with Crippen LogP contribution in [0.5, 0.6) is 0 Å². The second-order valence-corrected chi connectivity index (χ2v) is 20.0. The fraction of sp³-hybridized carbons (Fsp3) is 0.867. The van der Waals surface area contributed by atoms with Crippen molar-refractivity contribution in [2.45, 2.75) is 321 Å². The number of aliphatic hydroxyl groups excluding tert-OH is 2. The number of nitrogens with one attached hydrogen (secondary N) is 1. The van der Waals surface area contributed by atoms with E-state index in [0.29, 0.717) is 25.9 Å². The minimum Gasteiger partial charge on any atom is -0.466 e. The molecule has 0 saturated heterocycles. The summed E-state index contributed by atoms with van der Waals surface area (Å²) in [6.45, 7) is 4.92. The summed E-state index contributed by atoms with van der Waals surface area (Å²) in [4.78, 5) is 24.5. The van der Waals surface area contributed by atoms with Crippen LogP contribution in [0, 0.1) is 0 Å². The second kappa shape index (κ2) is 55.7. The van der Waals surface area contributed by atoms with Gasteiger partial charge in [0.1, 0.15) is 0 Å². The van der Waals surface area contributed by atoms with Gasteiger partial charge in [-0.05, 0) is 83.5 Å². The van der Waals surface area contributed by atoms with Crippen LogP contribution in [0.25, 0.3) is 0 Å². The van der Waals surface area contributed by atoms with Gasteiger partial charge in [-0.25, -0.2) is 0 Å². The van der Waals surface area contributed by atoms with Gasteiger partial charge >= 0.3 is 5.97 Å². The fourth-order valence-electron chi connectivity index (χ4n) is 8.90. The third kappa shape index (κ3) is 51.5. The van der Waals surface area contributed by atoms with Gasteiger partial charge in [-0.3, -0.25) is 9.59 Å². The molecule has 0 aromatic heterocycles. The molecule has 0 aromatic rings. The molecule has 0 heterocycles. The number of rotatable bonds is 54. The van der Waals surface area contributed by atoms with Crippen LogP contribution in [0.3, 0.4) is 0 Å². The fourth-order valence-corrected chi connectivity index (χ4v) is 8.90. The minimum atomic E-state index is -0.667. The van der Waals surface area contributed by atoms with Crippen molar-refractivity contribution in [1.29, 1.82) is 0 Å². The molecule has 0 saturated carbocycles. The molecule has 0 aliphatic carbocycles. The Balaban J connectivity index is 3.41. The van der Waals surface area contributed by atoms with E-state index in [1.165, 1.54) is 225 Å². The number of ether oxygens (including phenoxy) is 1. The van der Waals surface area contributed by atoms with Crippen molar-refractivity contribution in [2.24, 2.45) is 0 Å². The zero-order valence-corrected chi connectivity index (χ0v) is 44.2. The molecular formula is C60H113NO5. The number of carbonyl (C=O) groups excluding carboxylic acids is 2. The van der Waals surface area contributed by atoms with E-state index in [9.17, 15) is 19.8 Å². The third-order valence-corrected chi connectivity index (χ3v) is 13.4. The van der Waals surface area contributed by atoms with E-state index in [0.717, 1.165) is 51.4 Å². The largest absolute Gasteiger partial charge is 0.466 e. The Kier molecular flexibility index (Phi) is 54.1. The standard InChI is InChI=1S/C60H113NO5/c1-3-5-7-9-11-13-15-16-17-27-30-34-38-42-46-50-54-60(65)66-55-51-47-43-39-35-31-28-25-23-21-19-18-20-22-24-26-29-33-37-41-45-49-53-59(64)61-57(56-62)58(63)52-48-44-40-36-32-14-12-10-8-6-4-2/h13,15,17,20,22,27,57-58,62-63H,3-12,14,16,18-19,21,23-26,28-56H2,1-2H3,(H,61,64)/b15-13-,22-20-,27-17-. The number of hydrogen-bond donors (Lipinski definition) is 3. The molecule has 0 aliphatic heterocycles. The molecule has 0 rings (SSSR count). The molecule has 6 nitrogen and oxygen atoms in total. The molecule has 0 aliphatic rings. The topological polar surface area (TPSA) is 95.9 Å². The lowest BCUT2D eigenvalue weighted by atomic mass is 10.0. The highest BCUT2D eigenvalue weighted by Crippen LogP contribution is 2.16. The van der Waals surface area contributed by atoms with Crippen molar-refractivity contribution < 1.29 is 24.5 Å². The Labute approximate surface area is 411 Å². The van der Waals surface area contributed by atoms with Crippen LogP contribution in [0.15, 0.2) is 36.5 Å². The Hall–Kier alpha value is -1.92. The van der Waals surface area contributed by atoms with Crippen molar-refractivity contribution in [3.8, 4) is 0 Å². The summed E-state index contributed by atoms with van der Waals surface area (Å²) in [5, 5.41) is 23.2. The van der Waals surface area contributed by atoms with E-state index in [2.05, 4.69) is 55.6 Å². The summed E-state index contributed by atoms with van der Waals surface area (Å²) < 4.78 is 5.48. The quantitative estimate of drug-likeness (QED) is 0.0321. The number of esters is 1. The average molecular weight is 929 g/mol. The van der Waals surface area contributed by atoms with Crippen LogP contribution < -0.4 is 5.32 Å². The van der Waals surface area contributed by atoms with Crippen molar-refractivity contribution in [3.63, 3.8) is 0 Å². The highest BCUT2D eigenvalue weighted by molar-refractivity contribution is 5.76. The van der Waals surface area contributed by atoms with Gasteiger partial charge in [0.2, 0.25) is 5.91 Å². The van der Waals surface area contributed by atoms with Crippen LogP contribution in [-0.4, -0.2) is 47.4 Å². The van der Waals surface area contributed by atoms with Crippen molar-refractivity contribution in [2.75, 3.05) is 13.2 Å². The third-order valence-electron chi connectivity index (χ3n) is 13.4. The summed E-state index contributed by atoms with van der Waals surface area (Å²) in [5.74, 6) is -0.0470. The van der Waals surface area contributed by atoms with E-state index < -0.39 is 12.1 Å². The molecule has 3 N–H and O–H groups in total. The van der Waals surface area contributed by atoms with Crippen LogP contribution in [-0.2, 0) is 14.3 Å². The van der Waals surface area contributed by atoms with E-state index in [4.69, 9.17) is 4.74 Å². The Morgan fingerprint density at radius 1 is 0.424 bits per heavy atom. The van der Waals surface area contributed by atoms with E-state index >= 15 is 0 Å². The smallest absolute Gasteiger partial charge is 0.305 e. The van der Waals surface area contributed by atoms with Crippen LogP contribution >= 0.6 is 0 Å². The van der Waals surface area contributed by atoms with Gasteiger partial charge in [0.05, 0.1) is 25.4 Å². The maximum absolute atomic E-state index is 12.4. The number of amides is 1. The first-order chi connectivity index (χ1) is 32.5. The molecular weight excluding hydrogens is 815 g/mol. The molecule has 0 aromatic carbocycles. The molecule has 6 heteroatoms. The summed E-state index contributed by atoms with van der Waals surface area (Å²) >= 11 is 0. The van der Waals surface area contributed by atoms with Gasteiger partial charge in [-0.2, -0.15) is 0 Å². The second-order valence-electron chi connectivity index (χ2n) is 20.0. The van der Waals surface area contributed by atoms with Crippen LogP contribution in [0.1, 0.15) is 309 Å². The molecule has 2 unspecified atom stereocenters. The lowest BCUT2D eigenvalue weighted by molar-refractivity contribution is -0.143. The van der Waals surface area contributed by atoms with E-state index in [-0.39, 0.29) is 18.5 Å². The Bertz CT molecular complexity index is 1070. The van der Waals surface area contributed by atoms with Gasteiger partial charge in [-0.1, -0.05) is 249 Å². The lowest BCUT2D eigenvalue weighted by Crippen LogP contribution is -2.45. The van der Waals surface area contributed by atoms with Crippen molar-refractivity contribution in [3.05, 3.63) is 36.5 Å². The lowest BCUT2D eigenvalue weighted by Gasteiger charge is -2.22. The van der Waals surface area contributed by atoms with Crippen LogP contribution in [0.4, 0.5) is 0 Å². The van der Waals surface area contributed by atoms with Gasteiger partial charge in [-0.15, -0.1) is 0 Å². The number of allylic oxidation sites excluding steroid dienone is 6. The Morgan fingerprint density at radius 2 is 0.758 bits per heavy atom. The molecule has 0 fully saturated rings. The van der Waals surface area contributed by atoms with Gasteiger partial charge < -0.3 is 20.3 Å². The number of unbranched alkanes of at least 4 members (excludes halogenated alkanes) is 37. The molecule has 66 heavy (non-hydrogen) atoms. The first kappa shape index (κ1) is 64.1. The molecule has 0 spiro atoms. The van der Waals surface area contributed by atoms with E-state index in [1.54, 1.807) is 0 Å². The predicted octanol–water partition coefficient (Wildman–Crippen LogP) is 18.0. The van der Waals surface area contributed by atoms with Gasteiger partial charge in [0.25, 0.3) is 0 Å². The number of aliphatic hydroxyl groups is 2. The minimum absolute atomic E-state index is 0.00376. The van der Waals surface area contributed by atoms with Gasteiger partial charge in [0.15, 0.2) is 0 Å². The summed E-state index contributed by atoms with van der Waals surface area (Å²) in [6.07, 6.45) is 68.6. The van der Waals surface area contributed by atoms with Crippen LogP contribution in [0.2, 0.25) is 0 Å². The molecule has 0 radical (unpaired) electrons. The monoisotopic (exact) mass is 928 g/mol. The maximum atomic E-state index is 12.4. The normalized spacial score (nSPS) is 12.8. The maximum Gasteiger partial charge on any atom is 0.305 e. The Morgan fingerprint density at radius 3 is 1.18 bits per heavy atom. The van der Waals surface area contributed by atoms with Crippen molar-refractivity contribution in [1.82, 2.24) is 5.32 Å². The number of hydrogen-bond acceptors (Lipinski definition) is 5. The highest BCUT2D eigenvalue weighted by Gasteiger charge is 2.20. The average Bonchev–Trinajstić information content (AvgIpc) is 3.32. The summed E-state index contributed by atoms with van der Waals surface area (Å²) in [7, 11) is 0. The van der Waals surface area contributed by atoms with Crippen molar-refractivity contribution >= 4 is 11.9 Å². The van der Waals surface area contributed by atoms with Gasteiger partial charge in [0, 0.05) is 12.8 Å². The highest BCUT2D eigenvalue weighted by atomic mass is 16.5. The zero-order chi connectivity index (χ0) is 47.9. The molecule has 388 valence electrons. The molecule has 1 amide bonds. The molecule has 0 bridgehead atoms. The predicted molar refractivity (Wildman–Crippen MR) is 287 cm³/mol. The SMILES string of the molecule is CCCCCC/C=C\C/C=C\CCCCCCCC(=O)OCCCCCCCCCCCCC/C=C\CCCCCCCCCC(=O)NC(CO)C(O)CCCCCCCCCCCCC. The zero-order valence-electron chi connectivity index (χ0n) is 44.2. The first-order valence-corrected chi connectivity index (χ1v) is 29.2. The summed E-state index contributed by atoms with van der Waals surface area (Å²) in [6, 6.07) is -0.545. The number of carbonyl (C=O) groups is 2. The first-order valence-electron chi connectivity index (χ1n) is 29.2. The summed E-state index contributed by atoms with van der Waals surface area (Å²) in [5.41, 5.74) is 0. The van der Waals surface area contributed by atoms with E-state index in [1.807, 2.05) is 0 Å². The molecule has 2 atom stereocenters.